The van der Waals surface area contributed by atoms with Crippen molar-refractivity contribution in [1.29, 1.82) is 0 Å². The van der Waals surface area contributed by atoms with E-state index in [4.69, 9.17) is 14.6 Å². The van der Waals surface area contributed by atoms with E-state index >= 15 is 0 Å². The highest BCUT2D eigenvalue weighted by molar-refractivity contribution is 5.81. The Bertz CT molecular complexity index is 752. The predicted octanol–water partition coefficient (Wildman–Crippen LogP) is 5.86. The minimum atomic E-state index is -0.774. The third-order valence-corrected chi connectivity index (χ3v) is 7.53. The molecule has 2 aliphatic rings. The van der Waals surface area contributed by atoms with Gasteiger partial charge in [0.05, 0.1) is 30.5 Å². The molecule has 0 unspecified atom stereocenters. The third-order valence-electron chi connectivity index (χ3n) is 7.53. The SMILES string of the molecule is C=C/C=C/C[C@H]1CC[C@H](CCC(=O)[C@H](C)[C@H](O)[C@H]2C[C@H](C)[C@H](C/C(C)=C\C/C=C(\C)CCO)O2)O1. The summed E-state index contributed by atoms with van der Waals surface area (Å²) in [4.78, 5) is 12.8. The fourth-order valence-electron chi connectivity index (χ4n) is 5.08. The molecule has 0 saturated carbocycles. The predicted molar refractivity (Wildman–Crippen MR) is 142 cm³/mol. The number of hydrogen-bond acceptors (Lipinski definition) is 5. The Morgan fingerprint density at radius 1 is 1.11 bits per heavy atom. The van der Waals surface area contributed by atoms with Gasteiger partial charge in [-0.1, -0.05) is 62.0 Å². The molecule has 2 fully saturated rings. The van der Waals surface area contributed by atoms with E-state index in [2.05, 4.69) is 38.7 Å². The van der Waals surface area contributed by atoms with E-state index in [1.165, 1.54) is 11.1 Å². The lowest BCUT2D eigenvalue weighted by Crippen LogP contribution is -2.36. The number of ether oxygens (including phenoxy) is 2. The van der Waals surface area contributed by atoms with Crippen LogP contribution in [0.1, 0.15) is 85.5 Å². The van der Waals surface area contributed by atoms with Crippen LogP contribution in [-0.2, 0) is 14.3 Å². The average Bonchev–Trinajstić information content (AvgIpc) is 3.43. The Kier molecular flexibility index (Phi) is 13.2. The zero-order chi connectivity index (χ0) is 25.8. The monoisotopic (exact) mass is 488 g/mol. The molecular weight excluding hydrogens is 440 g/mol. The molecule has 0 aromatic heterocycles. The highest BCUT2D eigenvalue weighted by Crippen LogP contribution is 2.34. The van der Waals surface area contributed by atoms with E-state index in [0.29, 0.717) is 18.8 Å². The Labute approximate surface area is 213 Å². The summed E-state index contributed by atoms with van der Waals surface area (Å²) < 4.78 is 12.3. The summed E-state index contributed by atoms with van der Waals surface area (Å²) >= 11 is 0. The van der Waals surface area contributed by atoms with Crippen LogP contribution in [0.25, 0.3) is 0 Å². The van der Waals surface area contributed by atoms with E-state index < -0.39 is 12.0 Å². The molecule has 0 amide bonds. The van der Waals surface area contributed by atoms with Gasteiger partial charge in [-0.3, -0.25) is 4.79 Å². The molecule has 0 aliphatic carbocycles. The van der Waals surface area contributed by atoms with Gasteiger partial charge in [0.15, 0.2) is 0 Å². The molecule has 2 aliphatic heterocycles. The fourth-order valence-corrected chi connectivity index (χ4v) is 5.08. The summed E-state index contributed by atoms with van der Waals surface area (Å²) in [6, 6.07) is 0. The first-order chi connectivity index (χ1) is 16.7. The van der Waals surface area contributed by atoms with E-state index in [1.54, 1.807) is 6.08 Å². The van der Waals surface area contributed by atoms with Gasteiger partial charge in [0.2, 0.25) is 0 Å². The Hall–Kier alpha value is -1.53. The number of ketones is 1. The van der Waals surface area contributed by atoms with Crippen LogP contribution in [0.3, 0.4) is 0 Å². The first-order valence-electron chi connectivity index (χ1n) is 13.5. The van der Waals surface area contributed by atoms with Crippen LogP contribution in [0.2, 0.25) is 0 Å². The van der Waals surface area contributed by atoms with Crippen LogP contribution >= 0.6 is 0 Å². The number of Topliss-reactive ketones (excluding diaryl/α,β-unsaturated/α-hetero) is 1. The van der Waals surface area contributed by atoms with Gasteiger partial charge < -0.3 is 19.7 Å². The summed E-state index contributed by atoms with van der Waals surface area (Å²) in [6.45, 7) is 12.0. The zero-order valence-electron chi connectivity index (χ0n) is 22.3. The molecule has 198 valence electrons. The average molecular weight is 489 g/mol. The first-order valence-corrected chi connectivity index (χ1v) is 13.5. The van der Waals surface area contributed by atoms with Crippen molar-refractivity contribution in [1.82, 2.24) is 0 Å². The normalized spacial score (nSPS) is 29.6. The van der Waals surface area contributed by atoms with Crippen LogP contribution in [0.4, 0.5) is 0 Å². The molecule has 0 bridgehead atoms. The standard InChI is InChI=1S/C30H48O5/c1-6-7-8-12-25-13-14-26(34-25)15-16-27(32)24(5)30(33)29-20-23(4)28(35-29)19-22(3)11-9-10-21(2)17-18-31/h6-8,10-11,23-26,28-31,33H,1,9,12-20H2,2-5H3/b8-7+,21-10+,22-11-/t23-,24-,25-,26+,28-,29+,30-/m0/s1. The van der Waals surface area contributed by atoms with Gasteiger partial charge in [0, 0.05) is 18.9 Å². The van der Waals surface area contributed by atoms with Crippen molar-refractivity contribution < 1.29 is 24.5 Å². The van der Waals surface area contributed by atoms with Crippen molar-refractivity contribution in [3.05, 3.63) is 48.1 Å². The quantitative estimate of drug-likeness (QED) is 0.223. The maximum atomic E-state index is 12.8. The van der Waals surface area contributed by atoms with Crippen molar-refractivity contribution in [2.45, 2.75) is 116 Å². The third kappa shape index (κ3) is 10.2. The molecule has 0 radical (unpaired) electrons. The summed E-state index contributed by atoms with van der Waals surface area (Å²) in [7, 11) is 0. The van der Waals surface area contributed by atoms with Gasteiger partial charge in [0.25, 0.3) is 0 Å². The number of allylic oxidation sites excluding steroid dienone is 4. The number of aliphatic hydroxyl groups excluding tert-OH is 2. The maximum absolute atomic E-state index is 12.8. The minimum absolute atomic E-state index is 0.0645. The smallest absolute Gasteiger partial charge is 0.138 e. The highest BCUT2D eigenvalue weighted by atomic mass is 16.5. The van der Waals surface area contributed by atoms with Crippen molar-refractivity contribution >= 4 is 5.78 Å². The molecule has 35 heavy (non-hydrogen) atoms. The van der Waals surface area contributed by atoms with Crippen LogP contribution < -0.4 is 0 Å². The molecule has 0 aromatic rings. The summed E-state index contributed by atoms with van der Waals surface area (Å²) in [5.41, 5.74) is 2.47. The lowest BCUT2D eigenvalue weighted by Gasteiger charge is -2.24. The number of aliphatic hydroxyl groups is 2. The topological polar surface area (TPSA) is 76.0 Å². The van der Waals surface area contributed by atoms with Crippen LogP contribution in [-0.4, -0.2) is 53.1 Å². The molecule has 2 N–H and O–H groups in total. The Balaban J connectivity index is 1.76. The lowest BCUT2D eigenvalue weighted by molar-refractivity contribution is -0.131. The van der Waals surface area contributed by atoms with E-state index in [1.807, 2.05) is 19.9 Å². The van der Waals surface area contributed by atoms with Gasteiger partial charge in [0.1, 0.15) is 5.78 Å². The Morgan fingerprint density at radius 2 is 1.83 bits per heavy atom. The molecule has 2 rings (SSSR count). The fraction of sp³-hybridized carbons (Fsp3) is 0.700. The molecule has 5 heteroatoms. The number of hydrogen-bond donors (Lipinski definition) is 2. The van der Waals surface area contributed by atoms with Gasteiger partial charge in [-0.05, 0) is 71.1 Å². The highest BCUT2D eigenvalue weighted by Gasteiger charge is 2.39. The summed E-state index contributed by atoms with van der Waals surface area (Å²) in [5.74, 6) is -0.00204. The molecule has 0 spiro atoms. The lowest BCUT2D eigenvalue weighted by atomic mass is 9.89. The number of carbonyl (C=O) groups excluding carboxylic acids is 1. The first kappa shape index (κ1) is 29.7. The molecule has 0 aromatic carbocycles. The zero-order valence-corrected chi connectivity index (χ0v) is 22.3. The molecule has 2 heterocycles. The van der Waals surface area contributed by atoms with E-state index in [0.717, 1.165) is 44.9 Å². The van der Waals surface area contributed by atoms with Crippen molar-refractivity contribution in [3.8, 4) is 0 Å². The minimum Gasteiger partial charge on any atom is -0.396 e. The van der Waals surface area contributed by atoms with Gasteiger partial charge in [-0.15, -0.1) is 0 Å². The van der Waals surface area contributed by atoms with Crippen LogP contribution in [0.5, 0.6) is 0 Å². The van der Waals surface area contributed by atoms with Crippen LogP contribution in [0.15, 0.2) is 48.1 Å². The second-order valence-electron chi connectivity index (χ2n) is 10.6. The summed E-state index contributed by atoms with van der Waals surface area (Å²) in [5, 5.41) is 19.9. The van der Waals surface area contributed by atoms with Gasteiger partial charge in [-0.25, -0.2) is 0 Å². The number of rotatable bonds is 15. The summed E-state index contributed by atoms with van der Waals surface area (Å²) in [6.07, 6.45) is 16.8. The largest absolute Gasteiger partial charge is 0.396 e. The second-order valence-corrected chi connectivity index (χ2v) is 10.6. The Morgan fingerprint density at radius 3 is 2.54 bits per heavy atom. The van der Waals surface area contributed by atoms with Crippen molar-refractivity contribution in [2.24, 2.45) is 11.8 Å². The molecule has 2 saturated heterocycles. The molecule has 7 atom stereocenters. The van der Waals surface area contributed by atoms with Crippen LogP contribution in [0, 0.1) is 11.8 Å². The van der Waals surface area contributed by atoms with Gasteiger partial charge >= 0.3 is 0 Å². The molecular formula is C30H48O5. The molecule has 5 nitrogen and oxygen atoms in total. The van der Waals surface area contributed by atoms with Crippen molar-refractivity contribution in [2.75, 3.05) is 6.61 Å². The van der Waals surface area contributed by atoms with Gasteiger partial charge in [-0.2, -0.15) is 0 Å². The second kappa shape index (κ2) is 15.6. The van der Waals surface area contributed by atoms with Crippen molar-refractivity contribution in [3.63, 3.8) is 0 Å². The maximum Gasteiger partial charge on any atom is 0.138 e. The van der Waals surface area contributed by atoms with E-state index in [-0.39, 0.29) is 36.8 Å². The number of carbonyl (C=O) groups is 1. The van der Waals surface area contributed by atoms with E-state index in [9.17, 15) is 9.90 Å².